The molecule has 4 aromatic rings. The predicted octanol–water partition coefficient (Wildman–Crippen LogP) is 4.46. The average Bonchev–Trinajstić information content (AvgIpc) is 3.21. The smallest absolute Gasteiger partial charge is 0.251 e. The Morgan fingerprint density at radius 1 is 1.14 bits per heavy atom. The van der Waals surface area contributed by atoms with E-state index in [0.29, 0.717) is 22.4 Å². The third-order valence-corrected chi connectivity index (χ3v) is 4.71. The summed E-state index contributed by atoms with van der Waals surface area (Å²) in [4.78, 5) is 25.6. The zero-order valence-electron chi connectivity index (χ0n) is 15.8. The number of halogens is 1. The Morgan fingerprint density at radius 3 is 2.76 bits per heavy atom. The molecule has 146 valence electrons. The van der Waals surface area contributed by atoms with E-state index in [0.717, 1.165) is 16.5 Å². The predicted molar refractivity (Wildman–Crippen MR) is 109 cm³/mol. The van der Waals surface area contributed by atoms with Crippen LogP contribution in [0.5, 0.6) is 0 Å². The number of benzene rings is 1. The topological polar surface area (TPSA) is 93.8 Å². The molecule has 0 aliphatic heterocycles. The lowest BCUT2D eigenvalue weighted by molar-refractivity contribution is 0.0914. The number of hydrogen-bond acceptors (Lipinski definition) is 6. The molecule has 0 bridgehead atoms. The number of aromatic nitrogens is 4. The summed E-state index contributed by atoms with van der Waals surface area (Å²) >= 11 is 5.92. The molecular formula is C21H18ClN5O2. The van der Waals surface area contributed by atoms with Crippen molar-refractivity contribution in [2.45, 2.75) is 19.9 Å². The van der Waals surface area contributed by atoms with Gasteiger partial charge in [0.1, 0.15) is 11.2 Å². The molecule has 1 aromatic carbocycles. The summed E-state index contributed by atoms with van der Waals surface area (Å²) < 4.78 is 5.43. The van der Waals surface area contributed by atoms with Gasteiger partial charge in [0.2, 0.25) is 11.7 Å². The molecule has 0 saturated carbocycles. The molecule has 4 rings (SSSR count). The van der Waals surface area contributed by atoms with Crippen molar-refractivity contribution in [1.29, 1.82) is 0 Å². The highest BCUT2D eigenvalue weighted by Crippen LogP contribution is 2.24. The van der Waals surface area contributed by atoms with E-state index in [1.165, 1.54) is 0 Å². The fourth-order valence-electron chi connectivity index (χ4n) is 2.95. The molecule has 7 nitrogen and oxygen atoms in total. The van der Waals surface area contributed by atoms with E-state index in [-0.39, 0.29) is 11.8 Å². The molecule has 3 aromatic heterocycles. The van der Waals surface area contributed by atoms with Crippen molar-refractivity contribution in [3.63, 3.8) is 0 Å². The van der Waals surface area contributed by atoms with Crippen molar-refractivity contribution in [2.75, 3.05) is 0 Å². The Morgan fingerprint density at radius 2 is 2.00 bits per heavy atom. The lowest BCUT2D eigenvalue weighted by Gasteiger charge is -2.18. The molecule has 0 saturated heterocycles. The normalized spacial score (nSPS) is 12.3. The maximum atomic E-state index is 12.9. The minimum absolute atomic E-state index is 0.0436. The molecule has 1 atom stereocenters. The van der Waals surface area contributed by atoms with Crippen LogP contribution in [0.2, 0.25) is 5.15 Å². The van der Waals surface area contributed by atoms with Gasteiger partial charge in [0.25, 0.3) is 5.91 Å². The number of pyridine rings is 2. The molecule has 0 aliphatic rings. The first-order valence-electron chi connectivity index (χ1n) is 9.12. The van der Waals surface area contributed by atoms with Crippen LogP contribution in [0.25, 0.3) is 22.3 Å². The summed E-state index contributed by atoms with van der Waals surface area (Å²) in [5.41, 5.74) is 1.99. The standard InChI is InChI=1S/C21H18ClN5O2/c1-12(2)18(21-26-19(27-29-21)15-4-3-9-23-11-15)25-20(28)14-5-7-16-13(10-14)6-8-17(22)24-16/h3-12,18H,1-2H3,(H,25,28). The van der Waals surface area contributed by atoms with Crippen LogP contribution in [-0.2, 0) is 0 Å². The highest BCUT2D eigenvalue weighted by Gasteiger charge is 2.25. The summed E-state index contributed by atoms with van der Waals surface area (Å²) in [5.74, 6) is 0.590. The number of carbonyl (C=O) groups is 1. The van der Waals surface area contributed by atoms with Gasteiger partial charge in [-0.15, -0.1) is 0 Å². The Hall–Kier alpha value is -3.32. The van der Waals surface area contributed by atoms with Crippen LogP contribution in [0.1, 0.15) is 36.1 Å². The fraction of sp³-hybridized carbons (Fsp3) is 0.190. The van der Waals surface area contributed by atoms with Crippen molar-refractivity contribution in [1.82, 2.24) is 25.4 Å². The number of hydrogen-bond donors (Lipinski definition) is 1. The number of amides is 1. The zero-order valence-corrected chi connectivity index (χ0v) is 16.6. The van der Waals surface area contributed by atoms with Crippen LogP contribution < -0.4 is 5.32 Å². The molecule has 0 fully saturated rings. The molecular weight excluding hydrogens is 390 g/mol. The maximum Gasteiger partial charge on any atom is 0.251 e. The van der Waals surface area contributed by atoms with E-state index >= 15 is 0 Å². The number of carbonyl (C=O) groups excluding carboxylic acids is 1. The lowest BCUT2D eigenvalue weighted by Crippen LogP contribution is -2.32. The molecule has 0 aliphatic carbocycles. The van der Waals surface area contributed by atoms with Crippen molar-refractivity contribution >= 4 is 28.4 Å². The highest BCUT2D eigenvalue weighted by atomic mass is 35.5. The van der Waals surface area contributed by atoms with Gasteiger partial charge >= 0.3 is 0 Å². The quantitative estimate of drug-likeness (QED) is 0.491. The van der Waals surface area contributed by atoms with Crippen molar-refractivity contribution in [3.05, 3.63) is 71.5 Å². The number of rotatable bonds is 5. The minimum atomic E-state index is -0.431. The van der Waals surface area contributed by atoms with Gasteiger partial charge in [0.15, 0.2) is 0 Å². The van der Waals surface area contributed by atoms with Gasteiger partial charge in [0, 0.05) is 28.9 Å². The van der Waals surface area contributed by atoms with Gasteiger partial charge < -0.3 is 9.84 Å². The minimum Gasteiger partial charge on any atom is -0.340 e. The first-order valence-corrected chi connectivity index (χ1v) is 9.50. The Labute approximate surface area is 172 Å². The van der Waals surface area contributed by atoms with Crippen LogP contribution in [0, 0.1) is 5.92 Å². The third-order valence-electron chi connectivity index (χ3n) is 4.50. The highest BCUT2D eigenvalue weighted by molar-refractivity contribution is 6.29. The molecule has 1 N–H and O–H groups in total. The molecule has 29 heavy (non-hydrogen) atoms. The summed E-state index contributed by atoms with van der Waals surface area (Å²) in [6.45, 7) is 3.95. The van der Waals surface area contributed by atoms with E-state index in [4.69, 9.17) is 16.1 Å². The van der Waals surface area contributed by atoms with Gasteiger partial charge in [-0.25, -0.2) is 4.98 Å². The largest absolute Gasteiger partial charge is 0.340 e. The second-order valence-corrected chi connectivity index (χ2v) is 7.32. The maximum absolute atomic E-state index is 12.9. The molecule has 8 heteroatoms. The Kier molecular flexibility index (Phi) is 5.22. The fourth-order valence-corrected chi connectivity index (χ4v) is 3.11. The van der Waals surface area contributed by atoms with E-state index in [1.807, 2.05) is 26.0 Å². The summed E-state index contributed by atoms with van der Waals surface area (Å²) in [6, 6.07) is 12.0. The third kappa shape index (κ3) is 4.09. The van der Waals surface area contributed by atoms with Gasteiger partial charge in [-0.05, 0) is 48.4 Å². The van der Waals surface area contributed by atoms with Crippen molar-refractivity contribution in [3.8, 4) is 11.4 Å². The monoisotopic (exact) mass is 407 g/mol. The molecule has 0 radical (unpaired) electrons. The van der Waals surface area contributed by atoms with Crippen molar-refractivity contribution in [2.24, 2.45) is 5.92 Å². The Balaban J connectivity index is 1.58. The number of nitrogens with zero attached hydrogens (tertiary/aromatic N) is 4. The SMILES string of the molecule is CC(C)C(NC(=O)c1ccc2nc(Cl)ccc2c1)c1nc(-c2cccnc2)no1. The van der Waals surface area contributed by atoms with Gasteiger partial charge in [-0.2, -0.15) is 4.98 Å². The number of fused-ring (bicyclic) bond motifs is 1. The average molecular weight is 408 g/mol. The van der Waals surface area contributed by atoms with Gasteiger partial charge in [-0.1, -0.05) is 30.6 Å². The van der Waals surface area contributed by atoms with E-state index in [2.05, 4.69) is 25.4 Å². The second kappa shape index (κ2) is 7.97. The van der Waals surface area contributed by atoms with Crippen molar-refractivity contribution < 1.29 is 9.32 Å². The van der Waals surface area contributed by atoms with E-state index < -0.39 is 6.04 Å². The van der Waals surface area contributed by atoms with E-state index in [9.17, 15) is 4.79 Å². The van der Waals surface area contributed by atoms with Crippen LogP contribution >= 0.6 is 11.6 Å². The van der Waals surface area contributed by atoms with Crippen LogP contribution in [0.15, 0.2) is 59.4 Å². The molecule has 1 unspecified atom stereocenters. The van der Waals surface area contributed by atoms with Gasteiger partial charge in [0.05, 0.1) is 5.52 Å². The lowest BCUT2D eigenvalue weighted by atomic mass is 10.0. The first-order chi connectivity index (χ1) is 14.0. The molecule has 0 spiro atoms. The molecule has 1 amide bonds. The zero-order chi connectivity index (χ0) is 20.4. The van der Waals surface area contributed by atoms with Crippen LogP contribution in [0.3, 0.4) is 0 Å². The summed E-state index contributed by atoms with van der Waals surface area (Å²) in [7, 11) is 0. The summed E-state index contributed by atoms with van der Waals surface area (Å²) in [6.07, 6.45) is 3.33. The van der Waals surface area contributed by atoms with Crippen LogP contribution in [-0.4, -0.2) is 26.0 Å². The van der Waals surface area contributed by atoms with Gasteiger partial charge in [-0.3, -0.25) is 9.78 Å². The van der Waals surface area contributed by atoms with E-state index in [1.54, 1.807) is 42.7 Å². The molecule has 3 heterocycles. The summed E-state index contributed by atoms with van der Waals surface area (Å²) in [5, 5.41) is 8.26. The van der Waals surface area contributed by atoms with Crippen LogP contribution in [0.4, 0.5) is 0 Å². The first kappa shape index (κ1) is 19.0. The second-order valence-electron chi connectivity index (χ2n) is 6.93. The Bertz CT molecular complexity index is 1160. The number of nitrogens with one attached hydrogen (secondary N) is 1.